The number of nitrogens with one attached hydrogen (secondary N) is 1. The molecule has 6 heteroatoms. The summed E-state index contributed by atoms with van der Waals surface area (Å²) in [5.41, 5.74) is 2.12. The van der Waals surface area contributed by atoms with Crippen molar-refractivity contribution in [3.63, 3.8) is 0 Å². The quantitative estimate of drug-likeness (QED) is 0.606. The molecule has 0 aliphatic rings. The predicted octanol–water partition coefficient (Wildman–Crippen LogP) is 4.02. The minimum atomic E-state index is -0.191. The maximum atomic E-state index is 13.2. The van der Waals surface area contributed by atoms with Crippen LogP contribution in [0.2, 0.25) is 0 Å². The number of nitrogens with zero attached hydrogens (tertiary/aromatic N) is 3. The molecule has 0 saturated carbocycles. The summed E-state index contributed by atoms with van der Waals surface area (Å²) in [5, 5.41) is 2.96. The van der Waals surface area contributed by atoms with Crippen molar-refractivity contribution in [1.82, 2.24) is 19.7 Å². The lowest BCUT2D eigenvalue weighted by Crippen LogP contribution is -2.47. The standard InChI is InChI=1S/C24H36N4O2/c1-5-6-15-27(24(30)25-16-21-11-8-7-9-12-21)19-23(29)28(17-20(2)3)18-22-13-10-14-26(22)4/h7-14,20H,5-6,15-19H2,1-4H3,(H,25,30). The van der Waals surface area contributed by atoms with Crippen LogP contribution in [0.25, 0.3) is 0 Å². The Bertz CT molecular complexity index is 786. The first-order chi connectivity index (χ1) is 14.4. The monoisotopic (exact) mass is 412 g/mol. The van der Waals surface area contributed by atoms with Gasteiger partial charge in [-0.3, -0.25) is 4.79 Å². The van der Waals surface area contributed by atoms with Gasteiger partial charge in [0, 0.05) is 38.6 Å². The Morgan fingerprint density at radius 3 is 2.40 bits per heavy atom. The number of benzene rings is 1. The summed E-state index contributed by atoms with van der Waals surface area (Å²) in [4.78, 5) is 29.5. The van der Waals surface area contributed by atoms with Crippen molar-refractivity contribution in [2.24, 2.45) is 13.0 Å². The topological polar surface area (TPSA) is 57.6 Å². The molecule has 1 heterocycles. The van der Waals surface area contributed by atoms with Crippen molar-refractivity contribution in [3.8, 4) is 0 Å². The second-order valence-corrected chi connectivity index (χ2v) is 8.20. The van der Waals surface area contributed by atoms with Crippen LogP contribution in [0.4, 0.5) is 4.79 Å². The van der Waals surface area contributed by atoms with Gasteiger partial charge in [-0.1, -0.05) is 57.5 Å². The Hall–Kier alpha value is -2.76. The highest BCUT2D eigenvalue weighted by Gasteiger charge is 2.22. The van der Waals surface area contributed by atoms with E-state index in [4.69, 9.17) is 0 Å². The fourth-order valence-corrected chi connectivity index (χ4v) is 3.30. The third-order valence-electron chi connectivity index (χ3n) is 5.02. The molecule has 0 aliphatic heterocycles. The highest BCUT2D eigenvalue weighted by atomic mass is 16.2. The van der Waals surface area contributed by atoms with Crippen LogP contribution in [0, 0.1) is 5.92 Å². The number of hydrogen-bond donors (Lipinski definition) is 1. The van der Waals surface area contributed by atoms with Gasteiger partial charge in [-0.15, -0.1) is 0 Å². The Labute approximate surface area is 180 Å². The first-order valence-corrected chi connectivity index (χ1v) is 10.8. The lowest BCUT2D eigenvalue weighted by atomic mass is 10.2. The van der Waals surface area contributed by atoms with Crippen molar-refractivity contribution in [2.45, 2.75) is 46.7 Å². The van der Waals surface area contributed by atoms with Crippen LogP contribution in [0.3, 0.4) is 0 Å². The Morgan fingerprint density at radius 2 is 1.80 bits per heavy atom. The summed E-state index contributed by atoms with van der Waals surface area (Å²) in [6.07, 6.45) is 3.82. The smallest absolute Gasteiger partial charge is 0.318 e. The number of carbonyl (C=O) groups excluding carboxylic acids is 2. The summed E-state index contributed by atoms with van der Waals surface area (Å²) < 4.78 is 2.03. The number of amides is 3. The van der Waals surface area contributed by atoms with Crippen molar-refractivity contribution < 1.29 is 9.59 Å². The zero-order valence-corrected chi connectivity index (χ0v) is 18.8. The molecule has 1 aromatic carbocycles. The molecule has 3 amide bonds. The Morgan fingerprint density at radius 1 is 1.07 bits per heavy atom. The van der Waals surface area contributed by atoms with Gasteiger partial charge in [0.25, 0.3) is 0 Å². The van der Waals surface area contributed by atoms with Gasteiger partial charge < -0.3 is 19.7 Å². The summed E-state index contributed by atoms with van der Waals surface area (Å²) >= 11 is 0. The third kappa shape index (κ3) is 7.58. The van der Waals surface area contributed by atoms with Crippen LogP contribution in [-0.2, 0) is 24.9 Å². The molecule has 0 bridgehead atoms. The van der Waals surface area contributed by atoms with Crippen LogP contribution < -0.4 is 5.32 Å². The van der Waals surface area contributed by atoms with Crippen molar-refractivity contribution in [2.75, 3.05) is 19.6 Å². The van der Waals surface area contributed by atoms with E-state index in [-0.39, 0.29) is 18.5 Å². The molecular formula is C24H36N4O2. The van der Waals surface area contributed by atoms with E-state index in [0.29, 0.717) is 32.1 Å². The molecule has 1 N–H and O–H groups in total. The van der Waals surface area contributed by atoms with Gasteiger partial charge >= 0.3 is 6.03 Å². The van der Waals surface area contributed by atoms with Gasteiger partial charge in [-0.2, -0.15) is 0 Å². The molecular weight excluding hydrogens is 376 g/mol. The summed E-state index contributed by atoms with van der Waals surface area (Å²) in [7, 11) is 1.98. The molecule has 0 fully saturated rings. The molecule has 0 unspecified atom stereocenters. The fourth-order valence-electron chi connectivity index (χ4n) is 3.30. The molecule has 2 rings (SSSR count). The summed E-state index contributed by atoms with van der Waals surface area (Å²) in [5.74, 6) is 0.334. The van der Waals surface area contributed by atoms with Crippen molar-refractivity contribution in [1.29, 1.82) is 0 Å². The van der Waals surface area contributed by atoms with E-state index in [1.165, 1.54) is 0 Å². The first-order valence-electron chi connectivity index (χ1n) is 10.8. The van der Waals surface area contributed by atoms with Gasteiger partial charge in [0.2, 0.25) is 5.91 Å². The van der Waals surface area contributed by atoms with Crippen LogP contribution >= 0.6 is 0 Å². The highest BCUT2D eigenvalue weighted by molar-refractivity contribution is 5.84. The van der Waals surface area contributed by atoms with Crippen LogP contribution in [0.5, 0.6) is 0 Å². The normalized spacial score (nSPS) is 10.8. The molecule has 6 nitrogen and oxygen atoms in total. The minimum Gasteiger partial charge on any atom is -0.353 e. The van der Waals surface area contributed by atoms with Crippen LogP contribution in [0.15, 0.2) is 48.7 Å². The van der Waals surface area contributed by atoms with Crippen LogP contribution in [-0.4, -0.2) is 45.9 Å². The minimum absolute atomic E-state index is 0.0177. The molecule has 0 aliphatic carbocycles. The molecule has 0 atom stereocenters. The van der Waals surface area contributed by atoms with Gasteiger partial charge in [-0.05, 0) is 30.0 Å². The number of rotatable bonds is 11. The van der Waals surface area contributed by atoms with E-state index in [9.17, 15) is 9.59 Å². The lowest BCUT2D eigenvalue weighted by Gasteiger charge is -2.29. The molecule has 0 radical (unpaired) electrons. The van der Waals surface area contributed by atoms with E-state index in [1.54, 1.807) is 4.90 Å². The maximum Gasteiger partial charge on any atom is 0.318 e. The number of aromatic nitrogens is 1. The largest absolute Gasteiger partial charge is 0.353 e. The van der Waals surface area contributed by atoms with Gasteiger partial charge in [-0.25, -0.2) is 4.79 Å². The Balaban J connectivity index is 2.04. The first kappa shape index (κ1) is 23.5. The number of urea groups is 1. The zero-order chi connectivity index (χ0) is 21.9. The Kier molecular flexibility index (Phi) is 9.45. The van der Waals surface area contributed by atoms with Gasteiger partial charge in [0.1, 0.15) is 6.54 Å². The number of carbonyl (C=O) groups is 2. The van der Waals surface area contributed by atoms with Gasteiger partial charge in [0.15, 0.2) is 0 Å². The van der Waals surface area contributed by atoms with Crippen molar-refractivity contribution >= 4 is 11.9 Å². The molecule has 0 spiro atoms. The summed E-state index contributed by atoms with van der Waals surface area (Å²) in [6, 6.07) is 13.6. The molecule has 30 heavy (non-hydrogen) atoms. The predicted molar refractivity (Wildman–Crippen MR) is 121 cm³/mol. The van der Waals surface area contributed by atoms with E-state index in [0.717, 1.165) is 24.1 Å². The maximum absolute atomic E-state index is 13.2. The highest BCUT2D eigenvalue weighted by Crippen LogP contribution is 2.10. The van der Waals surface area contributed by atoms with Crippen LogP contribution in [0.1, 0.15) is 44.9 Å². The SMILES string of the molecule is CCCCN(CC(=O)N(Cc1cccn1C)CC(C)C)C(=O)NCc1ccccc1. The van der Waals surface area contributed by atoms with Gasteiger partial charge in [0.05, 0.1) is 6.54 Å². The average Bonchev–Trinajstić information content (AvgIpc) is 3.13. The summed E-state index contributed by atoms with van der Waals surface area (Å²) in [6.45, 7) is 8.63. The lowest BCUT2D eigenvalue weighted by molar-refractivity contribution is -0.133. The van der Waals surface area contributed by atoms with E-state index in [1.807, 2.05) is 65.2 Å². The fraction of sp³-hybridized carbons (Fsp3) is 0.500. The second-order valence-electron chi connectivity index (χ2n) is 8.20. The van der Waals surface area contributed by atoms with Crippen molar-refractivity contribution in [3.05, 3.63) is 59.9 Å². The molecule has 164 valence electrons. The number of aryl methyl sites for hydroxylation is 1. The number of hydrogen-bond acceptors (Lipinski definition) is 2. The van der Waals surface area contributed by atoms with E-state index < -0.39 is 0 Å². The molecule has 1 aromatic heterocycles. The molecule has 2 aromatic rings. The zero-order valence-electron chi connectivity index (χ0n) is 18.8. The second kappa shape index (κ2) is 12.1. The third-order valence-corrected chi connectivity index (χ3v) is 5.02. The van der Waals surface area contributed by atoms with E-state index >= 15 is 0 Å². The molecule has 0 saturated heterocycles. The number of unbranched alkanes of at least 4 members (excludes halogenated alkanes) is 1. The average molecular weight is 413 g/mol. The van der Waals surface area contributed by atoms with E-state index in [2.05, 4.69) is 26.1 Å².